The Bertz CT molecular complexity index is 405. The van der Waals surface area contributed by atoms with Gasteiger partial charge >= 0.3 is 0 Å². The van der Waals surface area contributed by atoms with E-state index < -0.39 is 0 Å². The van der Waals surface area contributed by atoms with Crippen molar-refractivity contribution >= 4 is 17.3 Å². The lowest BCUT2D eigenvalue weighted by Gasteiger charge is -2.24. The number of carbonyl (C=O) groups excluding carboxylic acids is 1. The molecule has 0 heterocycles. The van der Waals surface area contributed by atoms with Crippen molar-refractivity contribution in [3.05, 3.63) is 24.3 Å². The van der Waals surface area contributed by atoms with Gasteiger partial charge in [-0.2, -0.15) is 0 Å². The fourth-order valence-corrected chi connectivity index (χ4v) is 2.03. The Hall–Kier alpha value is -1.51. The van der Waals surface area contributed by atoms with E-state index in [2.05, 4.69) is 10.6 Å². The second-order valence-electron chi connectivity index (χ2n) is 5.11. The van der Waals surface area contributed by atoms with Crippen molar-refractivity contribution in [3.63, 3.8) is 0 Å². The largest absolute Gasteiger partial charge is 0.382 e. The van der Waals surface area contributed by atoms with Crippen LogP contribution in [0.15, 0.2) is 24.3 Å². The van der Waals surface area contributed by atoms with E-state index in [1.165, 1.54) is 19.3 Å². The van der Waals surface area contributed by atoms with Crippen LogP contribution in [0.5, 0.6) is 0 Å². The second-order valence-corrected chi connectivity index (χ2v) is 5.11. The molecule has 2 N–H and O–H groups in total. The zero-order valence-electron chi connectivity index (χ0n) is 9.91. The number of amides is 1. The molecule has 0 unspecified atom stereocenters. The second kappa shape index (κ2) is 4.40. The number of benzene rings is 1. The Kier molecular flexibility index (Phi) is 2.75. The van der Waals surface area contributed by atoms with Gasteiger partial charge in [-0.25, -0.2) is 0 Å². The molecule has 17 heavy (non-hydrogen) atoms. The van der Waals surface area contributed by atoms with Crippen LogP contribution in [0, 0.1) is 5.92 Å². The minimum atomic E-state index is 0.180. The van der Waals surface area contributed by atoms with Gasteiger partial charge in [-0.3, -0.25) is 4.79 Å². The molecule has 2 fully saturated rings. The number of hydrogen-bond acceptors (Lipinski definition) is 2. The molecule has 1 aromatic carbocycles. The smallest absolute Gasteiger partial charge is 0.227 e. The molecule has 2 aliphatic rings. The van der Waals surface area contributed by atoms with Crippen molar-refractivity contribution in [2.45, 2.75) is 38.1 Å². The van der Waals surface area contributed by atoms with Gasteiger partial charge < -0.3 is 10.6 Å². The Morgan fingerprint density at radius 2 is 1.65 bits per heavy atom. The Morgan fingerprint density at radius 3 is 2.18 bits per heavy atom. The summed E-state index contributed by atoms with van der Waals surface area (Å²) in [5.41, 5.74) is 2.05. The predicted molar refractivity (Wildman–Crippen MR) is 69.1 cm³/mol. The molecular formula is C14H18N2O. The molecule has 0 saturated heterocycles. The highest BCUT2D eigenvalue weighted by atomic mass is 16.1. The third-order valence-corrected chi connectivity index (χ3v) is 3.58. The zero-order valence-corrected chi connectivity index (χ0v) is 9.91. The van der Waals surface area contributed by atoms with E-state index in [9.17, 15) is 4.79 Å². The Balaban J connectivity index is 1.56. The highest BCUT2D eigenvalue weighted by Gasteiger charge is 2.25. The monoisotopic (exact) mass is 230 g/mol. The summed E-state index contributed by atoms with van der Waals surface area (Å²) in [6.45, 7) is 0. The average Bonchev–Trinajstić information content (AvgIpc) is 3.02. The standard InChI is InChI=1S/C14H18N2O/c17-14(10-2-1-3-10)16-13-8-6-12(7-9-13)15-11-4-5-11/h6-11,15H,1-5H2,(H,16,17). The highest BCUT2D eigenvalue weighted by Crippen LogP contribution is 2.28. The van der Waals surface area contributed by atoms with Crippen LogP contribution < -0.4 is 10.6 Å². The van der Waals surface area contributed by atoms with E-state index in [1.54, 1.807) is 0 Å². The van der Waals surface area contributed by atoms with E-state index in [4.69, 9.17) is 0 Å². The van der Waals surface area contributed by atoms with Gasteiger partial charge in [0.1, 0.15) is 0 Å². The molecule has 3 rings (SSSR count). The van der Waals surface area contributed by atoms with Gasteiger partial charge in [0.2, 0.25) is 5.91 Å². The van der Waals surface area contributed by atoms with Gasteiger partial charge in [0.25, 0.3) is 0 Å². The summed E-state index contributed by atoms with van der Waals surface area (Å²) in [5, 5.41) is 6.40. The van der Waals surface area contributed by atoms with Crippen LogP contribution in [0.4, 0.5) is 11.4 Å². The molecule has 0 spiro atoms. The molecular weight excluding hydrogens is 212 g/mol. The summed E-state index contributed by atoms with van der Waals surface area (Å²) in [6, 6.07) is 8.69. The normalized spacial score (nSPS) is 19.5. The van der Waals surface area contributed by atoms with E-state index in [1.807, 2.05) is 24.3 Å². The lowest BCUT2D eigenvalue weighted by Crippen LogP contribution is -2.27. The van der Waals surface area contributed by atoms with E-state index in [-0.39, 0.29) is 11.8 Å². The number of hydrogen-bond donors (Lipinski definition) is 2. The van der Waals surface area contributed by atoms with Gasteiger partial charge in [0, 0.05) is 23.3 Å². The maximum absolute atomic E-state index is 11.7. The van der Waals surface area contributed by atoms with Crippen LogP contribution in [0.3, 0.4) is 0 Å². The summed E-state index contributed by atoms with van der Waals surface area (Å²) < 4.78 is 0. The fourth-order valence-electron chi connectivity index (χ4n) is 2.03. The first kappa shape index (κ1) is 10.6. The summed E-state index contributed by atoms with van der Waals surface area (Å²) in [7, 11) is 0. The number of carbonyl (C=O) groups is 1. The van der Waals surface area contributed by atoms with Gasteiger partial charge in [0.05, 0.1) is 0 Å². The van der Waals surface area contributed by atoms with Crippen molar-refractivity contribution in [3.8, 4) is 0 Å². The maximum atomic E-state index is 11.7. The first-order valence-electron chi connectivity index (χ1n) is 6.49. The molecule has 2 aliphatic carbocycles. The van der Waals surface area contributed by atoms with Crippen LogP contribution in [-0.4, -0.2) is 11.9 Å². The van der Waals surface area contributed by atoms with Crippen molar-refractivity contribution in [2.75, 3.05) is 10.6 Å². The summed E-state index contributed by atoms with van der Waals surface area (Å²) in [4.78, 5) is 11.7. The van der Waals surface area contributed by atoms with Crippen LogP contribution in [-0.2, 0) is 4.79 Å². The Morgan fingerprint density at radius 1 is 1.00 bits per heavy atom. The number of rotatable bonds is 4. The van der Waals surface area contributed by atoms with Crippen molar-refractivity contribution in [1.82, 2.24) is 0 Å². The highest BCUT2D eigenvalue weighted by molar-refractivity contribution is 5.93. The number of nitrogens with one attached hydrogen (secondary N) is 2. The average molecular weight is 230 g/mol. The molecule has 1 amide bonds. The first-order valence-corrected chi connectivity index (χ1v) is 6.49. The molecule has 90 valence electrons. The lowest BCUT2D eigenvalue weighted by atomic mass is 9.85. The molecule has 0 bridgehead atoms. The third-order valence-electron chi connectivity index (χ3n) is 3.58. The molecule has 0 radical (unpaired) electrons. The van der Waals surface area contributed by atoms with Crippen molar-refractivity contribution in [2.24, 2.45) is 5.92 Å². The zero-order chi connectivity index (χ0) is 11.7. The van der Waals surface area contributed by atoms with Crippen LogP contribution in [0.1, 0.15) is 32.1 Å². The SMILES string of the molecule is O=C(Nc1ccc(NC2CC2)cc1)C1CCC1. The molecule has 3 heteroatoms. The minimum Gasteiger partial charge on any atom is -0.382 e. The lowest BCUT2D eigenvalue weighted by molar-refractivity contribution is -0.122. The summed E-state index contributed by atoms with van der Waals surface area (Å²) in [5.74, 6) is 0.429. The minimum absolute atomic E-state index is 0.180. The summed E-state index contributed by atoms with van der Waals surface area (Å²) in [6.07, 6.45) is 5.85. The van der Waals surface area contributed by atoms with E-state index in [0.717, 1.165) is 24.2 Å². The topological polar surface area (TPSA) is 41.1 Å². The first-order chi connectivity index (χ1) is 8.31. The van der Waals surface area contributed by atoms with Crippen molar-refractivity contribution in [1.29, 1.82) is 0 Å². The Labute approximate surface area is 102 Å². The molecule has 0 aliphatic heterocycles. The predicted octanol–water partition coefficient (Wildman–Crippen LogP) is 3.00. The van der Waals surface area contributed by atoms with Gasteiger partial charge in [-0.15, -0.1) is 0 Å². The fraction of sp³-hybridized carbons (Fsp3) is 0.500. The van der Waals surface area contributed by atoms with Gasteiger partial charge in [-0.1, -0.05) is 6.42 Å². The van der Waals surface area contributed by atoms with Gasteiger partial charge in [0.15, 0.2) is 0 Å². The van der Waals surface area contributed by atoms with Gasteiger partial charge in [-0.05, 0) is 49.9 Å². The third kappa shape index (κ3) is 2.60. The molecule has 0 aromatic heterocycles. The van der Waals surface area contributed by atoms with Crippen LogP contribution >= 0.6 is 0 Å². The molecule has 2 saturated carbocycles. The molecule has 0 atom stereocenters. The molecule has 1 aromatic rings. The quantitative estimate of drug-likeness (QED) is 0.834. The number of anilines is 2. The van der Waals surface area contributed by atoms with Crippen LogP contribution in [0.2, 0.25) is 0 Å². The molecule has 3 nitrogen and oxygen atoms in total. The maximum Gasteiger partial charge on any atom is 0.227 e. The van der Waals surface area contributed by atoms with Crippen molar-refractivity contribution < 1.29 is 4.79 Å². The van der Waals surface area contributed by atoms with Crippen LogP contribution in [0.25, 0.3) is 0 Å². The van der Waals surface area contributed by atoms with E-state index >= 15 is 0 Å². The summed E-state index contributed by atoms with van der Waals surface area (Å²) >= 11 is 0. The van der Waals surface area contributed by atoms with E-state index in [0.29, 0.717) is 6.04 Å².